The van der Waals surface area contributed by atoms with Crippen molar-refractivity contribution < 1.29 is 14.3 Å². The summed E-state index contributed by atoms with van der Waals surface area (Å²) in [6.45, 7) is 5.31. The van der Waals surface area contributed by atoms with Crippen LogP contribution in [0.15, 0.2) is 60.0 Å². The second-order valence-electron chi connectivity index (χ2n) is 8.10. The summed E-state index contributed by atoms with van der Waals surface area (Å²) in [4.78, 5) is 30.4. The van der Waals surface area contributed by atoms with Gasteiger partial charge >= 0.3 is 0 Å². The third-order valence-corrected chi connectivity index (χ3v) is 6.32. The third-order valence-electron chi connectivity index (χ3n) is 5.46. The van der Waals surface area contributed by atoms with E-state index in [0.29, 0.717) is 13.1 Å². The summed E-state index contributed by atoms with van der Waals surface area (Å²) in [5, 5.41) is 4.98. The molecule has 3 rings (SSSR count). The van der Waals surface area contributed by atoms with Crippen LogP contribution in [0.2, 0.25) is 0 Å². The van der Waals surface area contributed by atoms with E-state index in [0.717, 1.165) is 28.1 Å². The second kappa shape index (κ2) is 11.6. The molecule has 6 nitrogen and oxygen atoms in total. The number of thiophene rings is 1. The number of anilines is 1. The lowest BCUT2D eigenvalue weighted by atomic mass is 10.1. The molecule has 3 aromatic rings. The summed E-state index contributed by atoms with van der Waals surface area (Å²) >= 11 is 1.66. The topological polar surface area (TPSA) is 61.9 Å². The largest absolute Gasteiger partial charge is 0.496 e. The molecule has 0 aliphatic rings. The van der Waals surface area contributed by atoms with Crippen LogP contribution in [0.25, 0.3) is 0 Å². The Morgan fingerprint density at radius 2 is 1.67 bits per heavy atom. The zero-order valence-electron chi connectivity index (χ0n) is 19.6. The standard InChI is InChI=1S/C26H31N3O3S/c1-19-9-7-10-20(2)26(19)27-24(30)17-28(3)25(31)18-29(16-22-12-8-14-33-22)15-21-11-5-6-13-23(21)32-4/h5-14H,15-18H2,1-4H3,(H,27,30). The highest BCUT2D eigenvalue weighted by Gasteiger charge is 2.19. The minimum atomic E-state index is -0.210. The van der Waals surface area contributed by atoms with Crippen molar-refractivity contribution in [1.82, 2.24) is 9.80 Å². The molecule has 0 fully saturated rings. The molecule has 1 aromatic heterocycles. The number of para-hydroxylation sites is 2. The van der Waals surface area contributed by atoms with Gasteiger partial charge in [-0.15, -0.1) is 11.3 Å². The van der Waals surface area contributed by atoms with Crippen LogP contribution in [0.3, 0.4) is 0 Å². The summed E-state index contributed by atoms with van der Waals surface area (Å²) < 4.78 is 5.49. The van der Waals surface area contributed by atoms with Crippen LogP contribution >= 0.6 is 11.3 Å². The zero-order chi connectivity index (χ0) is 23.8. The van der Waals surface area contributed by atoms with Crippen LogP contribution in [0.5, 0.6) is 5.75 Å². The lowest BCUT2D eigenvalue weighted by Gasteiger charge is -2.25. The number of carbonyl (C=O) groups excluding carboxylic acids is 2. The molecule has 33 heavy (non-hydrogen) atoms. The molecule has 7 heteroatoms. The molecule has 0 saturated heterocycles. The molecular formula is C26H31N3O3S. The lowest BCUT2D eigenvalue weighted by molar-refractivity contribution is -0.134. The number of methoxy groups -OCH3 is 1. The first kappa shape index (κ1) is 24.5. The third kappa shape index (κ3) is 6.91. The minimum Gasteiger partial charge on any atom is -0.496 e. The number of carbonyl (C=O) groups is 2. The Hall–Kier alpha value is -3.16. The van der Waals surface area contributed by atoms with Crippen molar-refractivity contribution in [1.29, 1.82) is 0 Å². The van der Waals surface area contributed by atoms with Gasteiger partial charge in [0.1, 0.15) is 5.75 Å². The van der Waals surface area contributed by atoms with Gasteiger partial charge in [0, 0.05) is 36.3 Å². The van der Waals surface area contributed by atoms with Gasteiger partial charge in [-0.05, 0) is 42.5 Å². The molecular weight excluding hydrogens is 434 g/mol. The number of ether oxygens (including phenoxy) is 1. The Balaban J connectivity index is 1.65. The summed E-state index contributed by atoms with van der Waals surface area (Å²) in [5.74, 6) is 0.471. The van der Waals surface area contributed by atoms with E-state index < -0.39 is 0 Å². The van der Waals surface area contributed by atoms with Crippen molar-refractivity contribution in [2.24, 2.45) is 0 Å². The number of aryl methyl sites for hydroxylation is 2. The van der Waals surface area contributed by atoms with E-state index in [1.165, 1.54) is 9.78 Å². The van der Waals surface area contributed by atoms with E-state index in [2.05, 4.69) is 16.3 Å². The summed E-state index contributed by atoms with van der Waals surface area (Å²) in [6, 6.07) is 17.8. The monoisotopic (exact) mass is 465 g/mol. The molecule has 0 radical (unpaired) electrons. The molecule has 0 aliphatic heterocycles. The molecule has 0 aliphatic carbocycles. The van der Waals surface area contributed by atoms with Crippen molar-refractivity contribution in [3.8, 4) is 5.75 Å². The van der Waals surface area contributed by atoms with E-state index in [-0.39, 0.29) is 24.9 Å². The minimum absolute atomic E-state index is 0.00585. The van der Waals surface area contributed by atoms with Gasteiger partial charge in [-0.25, -0.2) is 0 Å². The highest BCUT2D eigenvalue weighted by molar-refractivity contribution is 7.09. The number of hydrogen-bond donors (Lipinski definition) is 1. The number of rotatable bonds is 10. The Bertz CT molecular complexity index is 1060. The van der Waals surface area contributed by atoms with Crippen molar-refractivity contribution >= 4 is 28.8 Å². The molecule has 0 saturated carbocycles. The Morgan fingerprint density at radius 3 is 2.33 bits per heavy atom. The maximum atomic E-state index is 13.0. The first-order valence-corrected chi connectivity index (χ1v) is 11.7. The highest BCUT2D eigenvalue weighted by atomic mass is 32.1. The number of hydrogen-bond acceptors (Lipinski definition) is 5. The van der Waals surface area contributed by atoms with Gasteiger partial charge in [0.15, 0.2) is 0 Å². The molecule has 174 valence electrons. The fourth-order valence-corrected chi connectivity index (χ4v) is 4.42. The van der Waals surface area contributed by atoms with Gasteiger partial charge in [-0.3, -0.25) is 14.5 Å². The van der Waals surface area contributed by atoms with Gasteiger partial charge in [0.25, 0.3) is 0 Å². The van der Waals surface area contributed by atoms with E-state index >= 15 is 0 Å². The maximum Gasteiger partial charge on any atom is 0.243 e. The number of nitrogens with zero attached hydrogens (tertiary/aromatic N) is 2. The highest BCUT2D eigenvalue weighted by Crippen LogP contribution is 2.22. The lowest BCUT2D eigenvalue weighted by Crippen LogP contribution is -2.41. The number of likely N-dealkylation sites (N-methyl/N-ethyl adjacent to an activating group) is 1. The van der Waals surface area contributed by atoms with Gasteiger partial charge in [0.05, 0.1) is 20.2 Å². The quantitative estimate of drug-likeness (QED) is 0.480. The van der Waals surface area contributed by atoms with Crippen molar-refractivity contribution in [2.75, 3.05) is 32.6 Å². The molecule has 0 spiro atoms. The van der Waals surface area contributed by atoms with Crippen LogP contribution in [0, 0.1) is 13.8 Å². The van der Waals surface area contributed by atoms with Crippen LogP contribution < -0.4 is 10.1 Å². The Morgan fingerprint density at radius 1 is 0.939 bits per heavy atom. The summed E-state index contributed by atoms with van der Waals surface area (Å²) in [5.41, 5.74) is 3.81. The van der Waals surface area contributed by atoms with Crippen LogP contribution in [-0.4, -0.2) is 48.9 Å². The van der Waals surface area contributed by atoms with E-state index in [1.807, 2.05) is 67.8 Å². The summed E-state index contributed by atoms with van der Waals surface area (Å²) in [6.07, 6.45) is 0. The van der Waals surface area contributed by atoms with Crippen molar-refractivity contribution in [2.45, 2.75) is 26.9 Å². The average Bonchev–Trinajstić information content (AvgIpc) is 3.29. The first-order valence-electron chi connectivity index (χ1n) is 10.8. The molecule has 2 amide bonds. The molecule has 0 atom stereocenters. The molecule has 2 aromatic carbocycles. The fourth-order valence-electron chi connectivity index (χ4n) is 3.67. The second-order valence-corrected chi connectivity index (χ2v) is 9.13. The first-order chi connectivity index (χ1) is 15.9. The predicted octanol–water partition coefficient (Wildman–Crippen LogP) is 4.47. The fraction of sp³-hybridized carbons (Fsp3) is 0.308. The normalized spacial score (nSPS) is 10.8. The zero-order valence-corrected chi connectivity index (χ0v) is 20.4. The van der Waals surface area contributed by atoms with E-state index in [4.69, 9.17) is 4.74 Å². The molecule has 1 N–H and O–H groups in total. The molecule has 0 unspecified atom stereocenters. The number of benzene rings is 2. The SMILES string of the molecule is COc1ccccc1CN(CC(=O)N(C)CC(=O)Nc1c(C)cccc1C)Cc1cccs1. The van der Waals surface area contributed by atoms with Crippen molar-refractivity contribution in [3.05, 3.63) is 81.5 Å². The van der Waals surface area contributed by atoms with E-state index in [9.17, 15) is 9.59 Å². The van der Waals surface area contributed by atoms with Gasteiger partial charge in [0.2, 0.25) is 11.8 Å². The summed E-state index contributed by atoms with van der Waals surface area (Å²) in [7, 11) is 3.31. The van der Waals surface area contributed by atoms with Crippen LogP contribution in [0.1, 0.15) is 21.6 Å². The Kier molecular flexibility index (Phi) is 8.63. The predicted molar refractivity (Wildman–Crippen MR) is 134 cm³/mol. The van der Waals surface area contributed by atoms with Crippen molar-refractivity contribution in [3.63, 3.8) is 0 Å². The number of nitrogens with one attached hydrogen (secondary N) is 1. The van der Waals surface area contributed by atoms with Gasteiger partial charge in [-0.2, -0.15) is 0 Å². The van der Waals surface area contributed by atoms with Gasteiger partial charge in [-0.1, -0.05) is 42.5 Å². The van der Waals surface area contributed by atoms with Crippen LogP contribution in [-0.2, 0) is 22.7 Å². The number of amides is 2. The van der Waals surface area contributed by atoms with Crippen LogP contribution in [0.4, 0.5) is 5.69 Å². The smallest absolute Gasteiger partial charge is 0.243 e. The molecule has 0 bridgehead atoms. The van der Waals surface area contributed by atoms with E-state index in [1.54, 1.807) is 25.5 Å². The van der Waals surface area contributed by atoms with Gasteiger partial charge < -0.3 is 15.0 Å². The maximum absolute atomic E-state index is 13.0. The molecule has 1 heterocycles. The Labute approximate surface area is 199 Å². The average molecular weight is 466 g/mol.